The molecule has 90 valence electrons. The number of hydrogen-bond acceptors (Lipinski definition) is 2. The molecule has 0 aliphatic carbocycles. The first-order valence-corrected chi connectivity index (χ1v) is 6.07. The molecular weight excluding hydrogens is 224 g/mol. The summed E-state index contributed by atoms with van der Waals surface area (Å²) in [6.07, 6.45) is 0.294. The molecule has 2 atom stereocenters. The SMILES string of the molecule is CC(=O)c1ccc(C2OC2c2ccccc2)cc1. The monoisotopic (exact) mass is 238 g/mol. The van der Waals surface area contributed by atoms with Crippen molar-refractivity contribution in [3.63, 3.8) is 0 Å². The predicted molar refractivity (Wildman–Crippen MR) is 69.5 cm³/mol. The largest absolute Gasteiger partial charge is 0.359 e. The van der Waals surface area contributed by atoms with Crippen molar-refractivity contribution in [2.24, 2.45) is 0 Å². The lowest BCUT2D eigenvalue weighted by Crippen LogP contribution is -1.92. The molecule has 0 saturated carbocycles. The van der Waals surface area contributed by atoms with Gasteiger partial charge in [0, 0.05) is 5.56 Å². The molecule has 1 aliphatic rings. The van der Waals surface area contributed by atoms with Crippen molar-refractivity contribution in [1.82, 2.24) is 0 Å². The molecule has 0 aromatic heterocycles. The van der Waals surface area contributed by atoms with Crippen molar-refractivity contribution in [3.8, 4) is 0 Å². The van der Waals surface area contributed by atoms with Crippen LogP contribution in [-0.2, 0) is 4.74 Å². The summed E-state index contributed by atoms with van der Waals surface area (Å²) in [4.78, 5) is 11.2. The van der Waals surface area contributed by atoms with Crippen LogP contribution < -0.4 is 0 Å². The van der Waals surface area contributed by atoms with Crippen molar-refractivity contribution in [2.45, 2.75) is 19.1 Å². The Balaban J connectivity index is 1.77. The Hall–Kier alpha value is -1.93. The smallest absolute Gasteiger partial charge is 0.159 e. The Morgan fingerprint density at radius 3 is 2.00 bits per heavy atom. The number of Topliss-reactive ketones (excluding diaryl/α,β-unsaturated/α-hetero) is 1. The van der Waals surface area contributed by atoms with E-state index in [0.717, 1.165) is 11.1 Å². The standard InChI is InChI=1S/C16H14O2/c1-11(17)12-7-9-14(10-8-12)16-15(18-16)13-5-3-2-4-6-13/h2-10,15-16H,1H3. The Kier molecular flexibility index (Phi) is 2.73. The number of carbonyl (C=O) groups excluding carboxylic acids is 1. The fourth-order valence-electron chi connectivity index (χ4n) is 2.17. The van der Waals surface area contributed by atoms with Crippen LogP contribution in [0.5, 0.6) is 0 Å². The molecule has 0 bridgehead atoms. The first-order chi connectivity index (χ1) is 8.75. The van der Waals surface area contributed by atoms with E-state index in [9.17, 15) is 4.79 Å². The van der Waals surface area contributed by atoms with Gasteiger partial charge in [0.2, 0.25) is 0 Å². The highest BCUT2D eigenvalue weighted by molar-refractivity contribution is 5.94. The molecule has 0 spiro atoms. The van der Waals surface area contributed by atoms with Crippen molar-refractivity contribution < 1.29 is 9.53 Å². The third kappa shape index (κ3) is 2.07. The molecule has 2 unspecified atom stereocenters. The van der Waals surface area contributed by atoms with Gasteiger partial charge in [-0.2, -0.15) is 0 Å². The van der Waals surface area contributed by atoms with E-state index in [4.69, 9.17) is 4.74 Å². The Morgan fingerprint density at radius 1 is 0.889 bits per heavy atom. The van der Waals surface area contributed by atoms with Crippen LogP contribution in [0.25, 0.3) is 0 Å². The summed E-state index contributed by atoms with van der Waals surface area (Å²) >= 11 is 0. The van der Waals surface area contributed by atoms with E-state index in [1.54, 1.807) is 6.92 Å². The minimum Gasteiger partial charge on any atom is -0.359 e. The summed E-state index contributed by atoms with van der Waals surface area (Å²) in [7, 11) is 0. The molecule has 18 heavy (non-hydrogen) atoms. The van der Waals surface area contributed by atoms with Gasteiger partial charge in [-0.3, -0.25) is 4.79 Å². The predicted octanol–water partition coefficient (Wildman–Crippen LogP) is 3.70. The molecule has 1 saturated heterocycles. The molecule has 2 aromatic carbocycles. The highest BCUT2D eigenvalue weighted by Gasteiger charge is 2.41. The van der Waals surface area contributed by atoms with Crippen molar-refractivity contribution in [2.75, 3.05) is 0 Å². The molecule has 2 aromatic rings. The summed E-state index contributed by atoms with van der Waals surface area (Å²) in [6, 6.07) is 17.9. The highest BCUT2D eigenvalue weighted by atomic mass is 16.6. The van der Waals surface area contributed by atoms with E-state index in [2.05, 4.69) is 12.1 Å². The van der Waals surface area contributed by atoms with Crippen molar-refractivity contribution in [1.29, 1.82) is 0 Å². The second kappa shape index (κ2) is 4.39. The molecule has 1 heterocycles. The lowest BCUT2D eigenvalue weighted by molar-refractivity contribution is 0.101. The first kappa shape index (κ1) is 11.2. The van der Waals surface area contributed by atoms with Crippen LogP contribution in [-0.4, -0.2) is 5.78 Å². The average Bonchev–Trinajstić information content (AvgIpc) is 3.20. The van der Waals surface area contributed by atoms with Gasteiger partial charge in [0.1, 0.15) is 12.2 Å². The molecule has 2 nitrogen and oxygen atoms in total. The Bertz CT molecular complexity index is 557. The van der Waals surface area contributed by atoms with Crippen molar-refractivity contribution in [3.05, 3.63) is 71.3 Å². The number of epoxide rings is 1. The lowest BCUT2D eigenvalue weighted by atomic mass is 10.0. The van der Waals surface area contributed by atoms with Crippen LogP contribution in [0.3, 0.4) is 0 Å². The van der Waals surface area contributed by atoms with Gasteiger partial charge in [-0.05, 0) is 18.1 Å². The lowest BCUT2D eigenvalue weighted by Gasteiger charge is -1.99. The fourth-order valence-corrected chi connectivity index (χ4v) is 2.17. The normalized spacial score (nSPS) is 21.6. The second-order valence-corrected chi connectivity index (χ2v) is 4.57. The minimum atomic E-state index is 0.0953. The van der Waals surface area contributed by atoms with Crippen LogP contribution in [0.2, 0.25) is 0 Å². The molecular formula is C16H14O2. The summed E-state index contributed by atoms with van der Waals surface area (Å²) in [5.41, 5.74) is 3.09. The van der Waals surface area contributed by atoms with E-state index in [0.29, 0.717) is 0 Å². The topological polar surface area (TPSA) is 29.6 Å². The maximum atomic E-state index is 11.2. The molecule has 1 aliphatic heterocycles. The number of benzene rings is 2. The quantitative estimate of drug-likeness (QED) is 0.602. The maximum Gasteiger partial charge on any atom is 0.159 e. The van der Waals surface area contributed by atoms with E-state index in [-0.39, 0.29) is 18.0 Å². The van der Waals surface area contributed by atoms with E-state index >= 15 is 0 Å². The zero-order chi connectivity index (χ0) is 12.5. The zero-order valence-electron chi connectivity index (χ0n) is 10.2. The molecule has 3 rings (SSSR count). The Labute approximate surface area is 106 Å². The van der Waals surface area contributed by atoms with Crippen LogP contribution in [0.1, 0.15) is 40.6 Å². The summed E-state index contributed by atoms with van der Waals surface area (Å²) < 4.78 is 5.70. The zero-order valence-corrected chi connectivity index (χ0v) is 10.2. The molecule has 2 heteroatoms. The van der Waals surface area contributed by atoms with Gasteiger partial charge in [0.15, 0.2) is 5.78 Å². The maximum absolute atomic E-state index is 11.2. The van der Waals surface area contributed by atoms with Gasteiger partial charge >= 0.3 is 0 Å². The van der Waals surface area contributed by atoms with Crippen molar-refractivity contribution >= 4 is 5.78 Å². The van der Waals surface area contributed by atoms with E-state index in [1.807, 2.05) is 42.5 Å². The number of ketones is 1. The van der Waals surface area contributed by atoms with Gasteiger partial charge < -0.3 is 4.74 Å². The summed E-state index contributed by atoms with van der Waals surface area (Å²) in [6.45, 7) is 1.58. The number of carbonyl (C=O) groups is 1. The molecule has 0 amide bonds. The summed E-state index contributed by atoms with van der Waals surface area (Å²) in [5, 5.41) is 0. The fraction of sp³-hybridized carbons (Fsp3) is 0.188. The van der Waals surface area contributed by atoms with Crippen LogP contribution in [0.4, 0.5) is 0 Å². The average molecular weight is 238 g/mol. The third-order valence-electron chi connectivity index (χ3n) is 3.27. The first-order valence-electron chi connectivity index (χ1n) is 6.07. The molecule has 0 radical (unpaired) electrons. The number of hydrogen-bond donors (Lipinski definition) is 0. The van der Waals surface area contributed by atoms with Gasteiger partial charge in [-0.25, -0.2) is 0 Å². The molecule has 0 N–H and O–H groups in total. The van der Waals surface area contributed by atoms with Gasteiger partial charge in [-0.1, -0.05) is 54.6 Å². The molecule has 1 fully saturated rings. The van der Waals surface area contributed by atoms with Crippen LogP contribution >= 0.6 is 0 Å². The second-order valence-electron chi connectivity index (χ2n) is 4.57. The summed E-state index contributed by atoms with van der Waals surface area (Å²) in [5.74, 6) is 0.0953. The van der Waals surface area contributed by atoms with Gasteiger partial charge in [-0.15, -0.1) is 0 Å². The van der Waals surface area contributed by atoms with E-state index in [1.165, 1.54) is 5.56 Å². The Morgan fingerprint density at radius 2 is 1.44 bits per heavy atom. The van der Waals surface area contributed by atoms with Crippen LogP contribution in [0, 0.1) is 0 Å². The van der Waals surface area contributed by atoms with Gasteiger partial charge in [0.25, 0.3) is 0 Å². The van der Waals surface area contributed by atoms with Crippen LogP contribution in [0.15, 0.2) is 54.6 Å². The highest BCUT2D eigenvalue weighted by Crippen LogP contribution is 2.50. The van der Waals surface area contributed by atoms with E-state index < -0.39 is 0 Å². The third-order valence-corrected chi connectivity index (χ3v) is 3.27. The number of rotatable bonds is 3. The minimum absolute atomic E-state index is 0.0953. The number of ether oxygens (including phenoxy) is 1. The van der Waals surface area contributed by atoms with Gasteiger partial charge in [0.05, 0.1) is 0 Å².